The van der Waals surface area contributed by atoms with Crippen LogP contribution in [-0.2, 0) is 6.42 Å². The molecule has 104 valence electrons. The Morgan fingerprint density at radius 1 is 1.32 bits per heavy atom. The number of methoxy groups -OCH3 is 1. The molecule has 0 aromatic heterocycles. The highest BCUT2D eigenvalue weighted by Crippen LogP contribution is 2.55. The first-order valence-electron chi connectivity index (χ1n) is 7.70. The molecule has 0 spiro atoms. The molecule has 1 saturated carbocycles. The molecular formula is C17H25NO. The van der Waals surface area contributed by atoms with E-state index in [1.54, 1.807) is 12.7 Å². The fourth-order valence-electron chi connectivity index (χ4n) is 4.38. The van der Waals surface area contributed by atoms with E-state index < -0.39 is 0 Å². The van der Waals surface area contributed by atoms with Crippen LogP contribution in [0.3, 0.4) is 0 Å². The Bertz CT molecular complexity index is 457. The van der Waals surface area contributed by atoms with E-state index in [0.29, 0.717) is 0 Å². The second-order valence-electron chi connectivity index (χ2n) is 5.95. The second kappa shape index (κ2) is 5.16. The van der Waals surface area contributed by atoms with Crippen LogP contribution in [-0.4, -0.2) is 19.7 Å². The minimum Gasteiger partial charge on any atom is -0.497 e. The highest BCUT2D eigenvalue weighted by molar-refractivity contribution is 5.42. The van der Waals surface area contributed by atoms with E-state index >= 15 is 0 Å². The Hall–Kier alpha value is -1.02. The zero-order valence-electron chi connectivity index (χ0n) is 12.3. The van der Waals surface area contributed by atoms with Crippen LogP contribution in [0.1, 0.15) is 43.7 Å². The average molecular weight is 259 g/mol. The molecule has 2 aliphatic carbocycles. The first kappa shape index (κ1) is 13.0. The molecule has 1 fully saturated rings. The molecule has 2 heteroatoms. The number of fused-ring (bicyclic) bond motifs is 3. The van der Waals surface area contributed by atoms with E-state index in [-0.39, 0.29) is 0 Å². The van der Waals surface area contributed by atoms with Gasteiger partial charge in [-0.3, -0.25) is 0 Å². The molecule has 0 bridgehead atoms. The summed E-state index contributed by atoms with van der Waals surface area (Å²) in [4.78, 5) is 0. The van der Waals surface area contributed by atoms with Gasteiger partial charge < -0.3 is 10.1 Å². The largest absolute Gasteiger partial charge is 0.497 e. The van der Waals surface area contributed by atoms with Crippen LogP contribution in [0.15, 0.2) is 18.2 Å². The van der Waals surface area contributed by atoms with Gasteiger partial charge in [0.1, 0.15) is 5.75 Å². The zero-order valence-corrected chi connectivity index (χ0v) is 12.3. The van der Waals surface area contributed by atoms with Gasteiger partial charge in [-0.2, -0.15) is 0 Å². The van der Waals surface area contributed by atoms with Crippen molar-refractivity contribution >= 4 is 0 Å². The third-order valence-electron chi connectivity index (χ3n) is 5.21. The van der Waals surface area contributed by atoms with Gasteiger partial charge in [0.25, 0.3) is 0 Å². The lowest BCUT2D eigenvalue weighted by molar-refractivity contribution is 0.0514. The molecule has 0 aliphatic heterocycles. The smallest absolute Gasteiger partial charge is 0.119 e. The number of hydrogen-bond acceptors (Lipinski definition) is 2. The van der Waals surface area contributed by atoms with Crippen LogP contribution in [0, 0.1) is 11.8 Å². The summed E-state index contributed by atoms with van der Waals surface area (Å²) in [6, 6.07) is 7.44. The summed E-state index contributed by atoms with van der Waals surface area (Å²) in [5.74, 6) is 3.46. The SMILES string of the molecule is CCNC1C(CC)C2c3ccc(OC)cc3CCC12. The summed E-state index contributed by atoms with van der Waals surface area (Å²) in [5.41, 5.74) is 3.12. The van der Waals surface area contributed by atoms with Crippen molar-refractivity contribution in [3.8, 4) is 5.75 Å². The Morgan fingerprint density at radius 3 is 2.84 bits per heavy atom. The van der Waals surface area contributed by atoms with Crippen molar-refractivity contribution in [2.45, 2.75) is 45.1 Å². The van der Waals surface area contributed by atoms with Crippen molar-refractivity contribution in [1.82, 2.24) is 5.32 Å². The van der Waals surface area contributed by atoms with Crippen molar-refractivity contribution in [2.75, 3.05) is 13.7 Å². The fourth-order valence-corrected chi connectivity index (χ4v) is 4.38. The molecule has 3 rings (SSSR count). The van der Waals surface area contributed by atoms with Gasteiger partial charge in [-0.25, -0.2) is 0 Å². The highest BCUT2D eigenvalue weighted by atomic mass is 16.5. The molecule has 1 aromatic carbocycles. The maximum absolute atomic E-state index is 5.36. The van der Waals surface area contributed by atoms with Crippen molar-refractivity contribution in [3.63, 3.8) is 0 Å². The Labute approximate surface area is 116 Å². The van der Waals surface area contributed by atoms with E-state index in [2.05, 4.69) is 37.4 Å². The molecule has 1 N–H and O–H groups in total. The maximum Gasteiger partial charge on any atom is 0.119 e. The zero-order chi connectivity index (χ0) is 13.4. The number of rotatable bonds is 4. The summed E-state index contributed by atoms with van der Waals surface area (Å²) in [6.07, 6.45) is 3.83. The lowest BCUT2D eigenvalue weighted by Gasteiger charge is -2.55. The third-order valence-corrected chi connectivity index (χ3v) is 5.21. The maximum atomic E-state index is 5.36. The van der Waals surface area contributed by atoms with Gasteiger partial charge >= 0.3 is 0 Å². The predicted molar refractivity (Wildman–Crippen MR) is 78.8 cm³/mol. The van der Waals surface area contributed by atoms with Crippen LogP contribution in [0.4, 0.5) is 0 Å². The molecule has 4 unspecified atom stereocenters. The highest BCUT2D eigenvalue weighted by Gasteiger charge is 2.51. The lowest BCUT2D eigenvalue weighted by atomic mass is 9.53. The lowest BCUT2D eigenvalue weighted by Crippen LogP contribution is -2.58. The summed E-state index contributed by atoms with van der Waals surface area (Å²) >= 11 is 0. The number of benzene rings is 1. The third kappa shape index (κ3) is 1.97. The minimum absolute atomic E-state index is 0.746. The molecule has 0 heterocycles. The van der Waals surface area contributed by atoms with E-state index in [0.717, 1.165) is 36.1 Å². The van der Waals surface area contributed by atoms with Crippen LogP contribution in [0.25, 0.3) is 0 Å². The topological polar surface area (TPSA) is 21.3 Å². The molecule has 0 saturated heterocycles. The van der Waals surface area contributed by atoms with Crippen LogP contribution in [0.5, 0.6) is 5.75 Å². The van der Waals surface area contributed by atoms with Crippen molar-refractivity contribution in [3.05, 3.63) is 29.3 Å². The van der Waals surface area contributed by atoms with Crippen LogP contribution < -0.4 is 10.1 Å². The van der Waals surface area contributed by atoms with Gasteiger partial charge in [0, 0.05) is 6.04 Å². The van der Waals surface area contributed by atoms with Crippen LogP contribution in [0.2, 0.25) is 0 Å². The van der Waals surface area contributed by atoms with Gasteiger partial charge in [0.2, 0.25) is 0 Å². The van der Waals surface area contributed by atoms with Crippen molar-refractivity contribution in [2.24, 2.45) is 11.8 Å². The molecule has 1 aromatic rings. The summed E-state index contributed by atoms with van der Waals surface area (Å²) in [7, 11) is 1.76. The molecule has 2 aliphatic rings. The standard InChI is InChI=1S/C17H25NO/c1-4-13-16-14-9-7-12(19-3)10-11(14)6-8-15(16)17(13)18-5-2/h7,9-10,13,15-18H,4-6,8H2,1-3H3. The Kier molecular flexibility index (Phi) is 3.53. The van der Waals surface area contributed by atoms with Crippen molar-refractivity contribution < 1.29 is 4.74 Å². The number of aryl methyl sites for hydroxylation is 1. The molecule has 0 radical (unpaired) electrons. The van der Waals surface area contributed by atoms with Gasteiger partial charge in [0.05, 0.1) is 7.11 Å². The Balaban J connectivity index is 1.88. The van der Waals surface area contributed by atoms with Crippen LogP contribution >= 0.6 is 0 Å². The monoisotopic (exact) mass is 259 g/mol. The predicted octanol–water partition coefficient (Wildman–Crippen LogP) is 3.36. The molecule has 2 nitrogen and oxygen atoms in total. The van der Waals surface area contributed by atoms with Gasteiger partial charge in [-0.15, -0.1) is 0 Å². The first-order chi connectivity index (χ1) is 9.30. The minimum atomic E-state index is 0.746. The van der Waals surface area contributed by atoms with Crippen molar-refractivity contribution in [1.29, 1.82) is 0 Å². The van der Waals surface area contributed by atoms with E-state index in [4.69, 9.17) is 4.74 Å². The van der Waals surface area contributed by atoms with Gasteiger partial charge in [0.15, 0.2) is 0 Å². The second-order valence-corrected chi connectivity index (χ2v) is 5.95. The van der Waals surface area contributed by atoms with E-state index in [9.17, 15) is 0 Å². The van der Waals surface area contributed by atoms with E-state index in [1.165, 1.54) is 24.8 Å². The molecule has 19 heavy (non-hydrogen) atoms. The number of ether oxygens (including phenoxy) is 1. The summed E-state index contributed by atoms with van der Waals surface area (Å²) in [6.45, 7) is 5.66. The number of hydrogen-bond donors (Lipinski definition) is 1. The fraction of sp³-hybridized carbons (Fsp3) is 0.647. The van der Waals surface area contributed by atoms with Gasteiger partial charge in [-0.05, 0) is 60.4 Å². The number of nitrogens with one attached hydrogen (secondary N) is 1. The molecular weight excluding hydrogens is 234 g/mol. The first-order valence-corrected chi connectivity index (χ1v) is 7.70. The molecule has 0 amide bonds. The van der Waals surface area contributed by atoms with Gasteiger partial charge in [-0.1, -0.05) is 26.3 Å². The van der Waals surface area contributed by atoms with E-state index in [1.807, 2.05) is 0 Å². The average Bonchev–Trinajstić information content (AvgIpc) is 2.44. The normalized spacial score (nSPS) is 32.2. The quantitative estimate of drug-likeness (QED) is 0.895. The summed E-state index contributed by atoms with van der Waals surface area (Å²) < 4.78 is 5.36. The molecule has 4 atom stereocenters. The Morgan fingerprint density at radius 2 is 2.16 bits per heavy atom. The summed E-state index contributed by atoms with van der Waals surface area (Å²) in [5, 5.41) is 3.71.